The summed E-state index contributed by atoms with van der Waals surface area (Å²) in [7, 11) is 0. The van der Waals surface area contributed by atoms with Crippen LogP contribution in [0.4, 0.5) is 5.69 Å². The molecule has 1 aliphatic rings. The summed E-state index contributed by atoms with van der Waals surface area (Å²) in [6, 6.07) is 14.9. The Kier molecular flexibility index (Phi) is 5.73. The first-order valence-electron chi connectivity index (χ1n) is 8.67. The van der Waals surface area contributed by atoms with Gasteiger partial charge in [0.2, 0.25) is 11.8 Å². The van der Waals surface area contributed by atoms with Crippen LogP contribution in [0.25, 0.3) is 0 Å². The van der Waals surface area contributed by atoms with Crippen LogP contribution in [0, 0.1) is 0 Å². The molecule has 0 bridgehead atoms. The van der Waals surface area contributed by atoms with Crippen molar-refractivity contribution in [1.29, 1.82) is 0 Å². The maximum absolute atomic E-state index is 12.4. The van der Waals surface area contributed by atoms with Crippen molar-refractivity contribution >= 4 is 17.5 Å². The molecule has 6 heteroatoms. The lowest BCUT2D eigenvalue weighted by Gasteiger charge is -2.21. The minimum absolute atomic E-state index is 0.199. The first-order valence-corrected chi connectivity index (χ1v) is 8.67. The zero-order valence-electron chi connectivity index (χ0n) is 14.7. The van der Waals surface area contributed by atoms with Crippen LogP contribution in [-0.4, -0.2) is 36.5 Å². The molecular weight excluding hydrogens is 332 g/mol. The summed E-state index contributed by atoms with van der Waals surface area (Å²) < 4.78 is 10.9. The molecule has 1 N–H and O–H groups in total. The fraction of sp³-hybridized carbons (Fsp3) is 0.300. The summed E-state index contributed by atoms with van der Waals surface area (Å²) >= 11 is 0. The van der Waals surface area contributed by atoms with E-state index in [1.54, 1.807) is 23.1 Å². The number of hydrogen-bond donors (Lipinski definition) is 1. The summed E-state index contributed by atoms with van der Waals surface area (Å²) in [6.07, 6.45) is -0.199. The average Bonchev–Trinajstić information content (AvgIpc) is 2.66. The fourth-order valence-electron chi connectivity index (χ4n) is 2.76. The molecule has 2 amide bonds. The van der Waals surface area contributed by atoms with Gasteiger partial charge in [-0.05, 0) is 24.6 Å². The van der Waals surface area contributed by atoms with E-state index in [9.17, 15) is 9.59 Å². The molecule has 2 aromatic carbocycles. The van der Waals surface area contributed by atoms with Gasteiger partial charge in [-0.3, -0.25) is 9.59 Å². The van der Waals surface area contributed by atoms with E-state index >= 15 is 0 Å². The number of ether oxygens (including phenoxy) is 2. The Morgan fingerprint density at radius 3 is 2.50 bits per heavy atom. The normalized spacial score (nSPS) is 12.3. The Morgan fingerprint density at radius 2 is 1.77 bits per heavy atom. The number of carbonyl (C=O) groups is 2. The van der Waals surface area contributed by atoms with Gasteiger partial charge >= 0.3 is 0 Å². The Hall–Kier alpha value is -3.02. The predicted molar refractivity (Wildman–Crippen MR) is 98.2 cm³/mol. The van der Waals surface area contributed by atoms with E-state index in [0.717, 1.165) is 5.56 Å². The molecule has 0 saturated carbocycles. The van der Waals surface area contributed by atoms with Gasteiger partial charge in [0.15, 0.2) is 11.5 Å². The molecule has 1 heterocycles. The van der Waals surface area contributed by atoms with E-state index in [2.05, 4.69) is 5.32 Å². The van der Waals surface area contributed by atoms with Crippen molar-refractivity contribution < 1.29 is 19.1 Å². The number of nitrogens with zero attached hydrogens (tertiary/aromatic N) is 1. The smallest absolute Gasteiger partial charge is 0.233 e. The maximum Gasteiger partial charge on any atom is 0.233 e. The quantitative estimate of drug-likeness (QED) is 0.810. The minimum atomic E-state index is -0.349. The van der Waals surface area contributed by atoms with E-state index in [0.29, 0.717) is 43.5 Å². The van der Waals surface area contributed by atoms with Gasteiger partial charge in [-0.2, -0.15) is 0 Å². The van der Waals surface area contributed by atoms with Crippen LogP contribution < -0.4 is 14.8 Å². The van der Waals surface area contributed by atoms with Crippen molar-refractivity contribution in [2.45, 2.75) is 19.9 Å². The standard InChI is InChI=1S/C20H22N2O4/c1-2-22(14-15-6-4-3-5-7-15)20(24)13-19(23)21-16-8-9-17-18(12-16)26-11-10-25-17/h3-9,12H,2,10-11,13-14H2,1H3,(H,21,23). The van der Waals surface area contributed by atoms with E-state index < -0.39 is 0 Å². The van der Waals surface area contributed by atoms with Gasteiger partial charge in [-0.15, -0.1) is 0 Å². The highest BCUT2D eigenvalue weighted by atomic mass is 16.6. The van der Waals surface area contributed by atoms with Crippen molar-refractivity contribution in [1.82, 2.24) is 4.90 Å². The average molecular weight is 354 g/mol. The third-order valence-electron chi connectivity index (χ3n) is 4.09. The maximum atomic E-state index is 12.4. The first kappa shape index (κ1) is 17.8. The Labute approximate surface area is 152 Å². The predicted octanol–water partition coefficient (Wildman–Crippen LogP) is 2.84. The lowest BCUT2D eigenvalue weighted by Crippen LogP contribution is -2.33. The Morgan fingerprint density at radius 1 is 1.04 bits per heavy atom. The van der Waals surface area contributed by atoms with Gasteiger partial charge in [0.05, 0.1) is 0 Å². The summed E-state index contributed by atoms with van der Waals surface area (Å²) in [5.41, 5.74) is 1.62. The van der Waals surface area contributed by atoms with Crippen LogP contribution >= 0.6 is 0 Å². The van der Waals surface area contributed by atoms with Crippen LogP contribution in [-0.2, 0) is 16.1 Å². The van der Waals surface area contributed by atoms with E-state index in [1.807, 2.05) is 37.3 Å². The third kappa shape index (κ3) is 4.53. The molecule has 1 aliphatic heterocycles. The van der Waals surface area contributed by atoms with Crippen molar-refractivity contribution in [3.8, 4) is 11.5 Å². The van der Waals surface area contributed by atoms with Gasteiger partial charge in [0.1, 0.15) is 19.6 Å². The summed E-state index contributed by atoms with van der Waals surface area (Å²) in [5, 5.41) is 2.74. The zero-order valence-corrected chi connectivity index (χ0v) is 14.7. The molecule has 136 valence electrons. The molecule has 0 unspecified atom stereocenters. The Balaban J connectivity index is 1.57. The third-order valence-corrected chi connectivity index (χ3v) is 4.09. The van der Waals surface area contributed by atoms with Gasteiger partial charge in [0, 0.05) is 24.8 Å². The molecule has 6 nitrogen and oxygen atoms in total. The fourth-order valence-corrected chi connectivity index (χ4v) is 2.76. The number of nitrogens with one attached hydrogen (secondary N) is 1. The van der Waals surface area contributed by atoms with Crippen LogP contribution in [0.2, 0.25) is 0 Å². The van der Waals surface area contributed by atoms with E-state index in [4.69, 9.17) is 9.47 Å². The van der Waals surface area contributed by atoms with Gasteiger partial charge in [0.25, 0.3) is 0 Å². The highest BCUT2D eigenvalue weighted by Gasteiger charge is 2.18. The number of fused-ring (bicyclic) bond motifs is 1. The second-order valence-corrected chi connectivity index (χ2v) is 5.98. The van der Waals surface area contributed by atoms with E-state index in [1.165, 1.54) is 0 Å². The Bertz CT molecular complexity index is 777. The first-order chi connectivity index (χ1) is 12.7. The molecule has 2 aromatic rings. The highest BCUT2D eigenvalue weighted by molar-refractivity contribution is 6.03. The van der Waals surface area contributed by atoms with Crippen LogP contribution in [0.15, 0.2) is 48.5 Å². The molecule has 0 fully saturated rings. The number of hydrogen-bond acceptors (Lipinski definition) is 4. The summed E-state index contributed by atoms with van der Waals surface area (Å²) in [5.74, 6) is 0.703. The molecule has 0 saturated heterocycles. The number of rotatable bonds is 6. The molecule has 3 rings (SSSR count). The second-order valence-electron chi connectivity index (χ2n) is 5.98. The van der Waals surface area contributed by atoms with Crippen LogP contribution in [0.1, 0.15) is 18.9 Å². The molecule has 0 spiro atoms. The molecule has 26 heavy (non-hydrogen) atoms. The molecule has 0 atom stereocenters. The number of amides is 2. The van der Waals surface area contributed by atoms with Crippen molar-refractivity contribution in [2.24, 2.45) is 0 Å². The van der Waals surface area contributed by atoms with Gasteiger partial charge in [-0.25, -0.2) is 0 Å². The lowest BCUT2D eigenvalue weighted by molar-refractivity contribution is -0.134. The minimum Gasteiger partial charge on any atom is -0.486 e. The van der Waals surface area contributed by atoms with Gasteiger partial charge in [-0.1, -0.05) is 30.3 Å². The van der Waals surface area contributed by atoms with Crippen LogP contribution in [0.3, 0.4) is 0 Å². The van der Waals surface area contributed by atoms with Crippen molar-refractivity contribution in [3.63, 3.8) is 0 Å². The summed E-state index contributed by atoms with van der Waals surface area (Å²) in [6.45, 7) is 3.94. The molecule has 0 aromatic heterocycles. The highest BCUT2D eigenvalue weighted by Crippen LogP contribution is 2.32. The monoisotopic (exact) mass is 354 g/mol. The number of carbonyl (C=O) groups excluding carboxylic acids is 2. The SMILES string of the molecule is CCN(Cc1ccccc1)C(=O)CC(=O)Nc1ccc2c(c1)OCCO2. The van der Waals surface area contributed by atoms with Crippen molar-refractivity contribution in [2.75, 3.05) is 25.1 Å². The van der Waals surface area contributed by atoms with Crippen molar-refractivity contribution in [3.05, 3.63) is 54.1 Å². The van der Waals surface area contributed by atoms with E-state index in [-0.39, 0.29) is 18.2 Å². The largest absolute Gasteiger partial charge is 0.486 e. The second kappa shape index (κ2) is 8.38. The van der Waals surface area contributed by atoms with Gasteiger partial charge < -0.3 is 19.7 Å². The topological polar surface area (TPSA) is 67.9 Å². The number of anilines is 1. The summed E-state index contributed by atoms with van der Waals surface area (Å²) in [4.78, 5) is 26.3. The molecule has 0 radical (unpaired) electrons. The number of benzene rings is 2. The van der Waals surface area contributed by atoms with Crippen LogP contribution in [0.5, 0.6) is 11.5 Å². The zero-order chi connectivity index (χ0) is 18.4. The molecule has 0 aliphatic carbocycles. The lowest BCUT2D eigenvalue weighted by atomic mass is 10.2. The molecular formula is C20H22N2O4.